The number of amides is 1. The van der Waals surface area contributed by atoms with Crippen LogP contribution in [0.1, 0.15) is 98.3 Å². The zero-order valence-electron chi connectivity index (χ0n) is 21.1. The Balaban J connectivity index is 1.59. The fourth-order valence-corrected chi connectivity index (χ4v) is 7.34. The highest BCUT2D eigenvalue weighted by Crippen LogP contribution is 2.62. The maximum atomic E-state index is 13.5. The molecule has 4 fully saturated rings. The molecular formula is C27H44N3O3+. The van der Waals surface area contributed by atoms with Crippen molar-refractivity contribution in [1.29, 1.82) is 0 Å². The number of nitrogens with two attached hydrogens (primary N) is 1. The molecule has 4 rings (SSSR count). The zero-order chi connectivity index (χ0) is 23.8. The third-order valence-electron chi connectivity index (χ3n) is 9.28. The van der Waals surface area contributed by atoms with Crippen molar-refractivity contribution in [3.05, 3.63) is 11.3 Å². The van der Waals surface area contributed by atoms with Crippen LogP contribution >= 0.6 is 0 Å². The summed E-state index contributed by atoms with van der Waals surface area (Å²) in [5.41, 5.74) is 8.97. The molecule has 6 nitrogen and oxygen atoms in total. The first-order chi connectivity index (χ1) is 15.7. The number of carbonyl (C=O) groups is 2. The van der Waals surface area contributed by atoms with E-state index in [-0.39, 0.29) is 40.4 Å². The number of hydrogen-bond acceptors (Lipinski definition) is 4. The summed E-state index contributed by atoms with van der Waals surface area (Å²) in [4.78, 5) is 29.7. The largest absolute Gasteiger partial charge is 0.466 e. The average molecular weight is 459 g/mol. The van der Waals surface area contributed by atoms with Gasteiger partial charge in [-0.3, -0.25) is 9.59 Å². The Bertz CT molecular complexity index is 835. The van der Waals surface area contributed by atoms with E-state index in [4.69, 9.17) is 10.5 Å². The molecule has 1 amide bonds. The smallest absolute Gasteiger partial charge is 0.309 e. The standard InChI is InChI=1S/C27H43N3O3/c1-5-33-24(32)17-11-12-21(29-19-9-7-6-8-10-19)20(15-17)22(28)23(31)30-25-26(2,3)18-13-14-27(25,4)16-18/h17-19,25H,5-16,28H2,1-4H3,(H,30,31)/p+1. The molecular weight excluding hydrogens is 414 g/mol. The highest BCUT2D eigenvalue weighted by Gasteiger charge is 2.59. The molecule has 0 saturated heterocycles. The molecule has 4 aliphatic carbocycles. The second-order valence-corrected chi connectivity index (χ2v) is 11.9. The Morgan fingerprint density at radius 1 is 1.12 bits per heavy atom. The summed E-state index contributed by atoms with van der Waals surface area (Å²) in [5.74, 6) is 0.0604. The van der Waals surface area contributed by atoms with Crippen molar-refractivity contribution in [2.75, 3.05) is 6.61 Å². The van der Waals surface area contributed by atoms with Gasteiger partial charge >= 0.3 is 5.97 Å². The molecule has 0 aliphatic heterocycles. The van der Waals surface area contributed by atoms with Crippen LogP contribution in [0.2, 0.25) is 0 Å². The minimum Gasteiger partial charge on any atom is -0.466 e. The summed E-state index contributed by atoms with van der Waals surface area (Å²) < 4.78 is 5.30. The van der Waals surface area contributed by atoms with Crippen molar-refractivity contribution in [3.63, 3.8) is 0 Å². The van der Waals surface area contributed by atoms with Crippen molar-refractivity contribution < 1.29 is 19.3 Å². The van der Waals surface area contributed by atoms with Gasteiger partial charge < -0.3 is 15.8 Å². The quantitative estimate of drug-likeness (QED) is 0.436. The first-order valence-electron chi connectivity index (χ1n) is 13.2. The van der Waals surface area contributed by atoms with Gasteiger partial charge in [-0.25, -0.2) is 4.99 Å². The summed E-state index contributed by atoms with van der Waals surface area (Å²) in [6, 6.07) is 0.553. The van der Waals surface area contributed by atoms with Gasteiger partial charge in [0, 0.05) is 30.9 Å². The molecule has 6 heteroatoms. The zero-order valence-corrected chi connectivity index (χ0v) is 21.1. The number of carbonyl (C=O) groups excluding carboxylic acids is 2. The molecule has 0 aromatic carbocycles. The predicted octanol–water partition coefficient (Wildman–Crippen LogP) is 2.75. The van der Waals surface area contributed by atoms with Gasteiger partial charge in [-0.2, -0.15) is 0 Å². The molecule has 2 bridgehead atoms. The minimum atomic E-state index is -0.236. The lowest BCUT2D eigenvalue weighted by atomic mass is 9.68. The molecule has 4 N–H and O–H groups in total. The minimum absolute atomic E-state index is 0.0700. The van der Waals surface area contributed by atoms with Gasteiger partial charge in [0.05, 0.1) is 12.5 Å². The van der Waals surface area contributed by atoms with Gasteiger partial charge in [0.25, 0.3) is 5.91 Å². The van der Waals surface area contributed by atoms with Gasteiger partial charge in [-0.15, -0.1) is 0 Å². The van der Waals surface area contributed by atoms with E-state index in [1.807, 2.05) is 6.92 Å². The molecule has 184 valence electrons. The average Bonchev–Trinajstić information content (AvgIpc) is 3.28. The highest BCUT2D eigenvalue weighted by atomic mass is 16.5. The number of fused-ring (bicyclic) bond motifs is 2. The van der Waals surface area contributed by atoms with Crippen LogP contribution in [-0.4, -0.2) is 36.3 Å². The van der Waals surface area contributed by atoms with E-state index in [9.17, 15) is 9.59 Å². The van der Waals surface area contributed by atoms with E-state index in [0.717, 1.165) is 43.4 Å². The van der Waals surface area contributed by atoms with Crippen LogP contribution in [0.5, 0.6) is 0 Å². The Kier molecular flexibility index (Phi) is 6.93. The van der Waals surface area contributed by atoms with E-state index in [0.29, 0.717) is 25.0 Å². The number of rotatable bonds is 5. The molecule has 4 unspecified atom stereocenters. The second-order valence-electron chi connectivity index (χ2n) is 11.9. The number of ether oxygens (including phenoxy) is 1. The molecule has 0 spiro atoms. The third kappa shape index (κ3) is 4.72. The number of allylic oxidation sites excluding steroid dienone is 1. The third-order valence-corrected chi connectivity index (χ3v) is 9.28. The van der Waals surface area contributed by atoms with Crippen LogP contribution in [-0.2, 0) is 14.3 Å². The van der Waals surface area contributed by atoms with Crippen molar-refractivity contribution in [1.82, 2.24) is 5.32 Å². The summed E-state index contributed by atoms with van der Waals surface area (Å²) >= 11 is 0. The first-order valence-corrected chi connectivity index (χ1v) is 13.2. The fourth-order valence-electron chi connectivity index (χ4n) is 7.34. The van der Waals surface area contributed by atoms with Crippen LogP contribution in [0.15, 0.2) is 11.3 Å². The van der Waals surface area contributed by atoms with Gasteiger partial charge in [0.15, 0.2) is 11.8 Å². The van der Waals surface area contributed by atoms with Crippen molar-refractivity contribution in [3.8, 4) is 0 Å². The van der Waals surface area contributed by atoms with Gasteiger partial charge in [-0.1, -0.05) is 27.2 Å². The molecule has 0 heterocycles. The highest BCUT2D eigenvalue weighted by molar-refractivity contribution is 6.06. The number of hydrogen-bond donors (Lipinski definition) is 3. The van der Waals surface area contributed by atoms with Crippen molar-refractivity contribution in [2.45, 2.75) is 110 Å². The lowest BCUT2D eigenvalue weighted by Crippen LogP contribution is -2.80. The maximum absolute atomic E-state index is 13.5. The lowest BCUT2D eigenvalue weighted by Gasteiger charge is -2.43. The predicted molar refractivity (Wildman–Crippen MR) is 129 cm³/mol. The Morgan fingerprint density at radius 3 is 2.48 bits per heavy atom. The molecule has 33 heavy (non-hydrogen) atoms. The Morgan fingerprint density at radius 2 is 1.85 bits per heavy atom. The van der Waals surface area contributed by atoms with Gasteiger partial charge in [0.1, 0.15) is 5.70 Å². The van der Waals surface area contributed by atoms with Crippen LogP contribution < -0.4 is 16.0 Å². The topological polar surface area (TPSA) is 95.4 Å². The summed E-state index contributed by atoms with van der Waals surface area (Å²) in [6.45, 7) is 9.10. The van der Waals surface area contributed by atoms with Crippen LogP contribution in [0.3, 0.4) is 0 Å². The van der Waals surface area contributed by atoms with Crippen molar-refractivity contribution >= 4 is 17.6 Å². The summed E-state index contributed by atoms with van der Waals surface area (Å²) in [5, 5.41) is 3.35. The molecule has 0 radical (unpaired) electrons. The SMILES string of the molecule is CCOC(=O)C1CCC(=[NH+]C2CCCCC2)C(=C(N)C(=O)NC2C3(C)CCC(C3)C2(C)C)C1. The Labute approximate surface area is 199 Å². The number of esters is 1. The van der Waals surface area contributed by atoms with E-state index < -0.39 is 0 Å². The fraction of sp³-hybridized carbons (Fsp3) is 0.815. The number of nitrogens with one attached hydrogen (secondary N) is 2. The lowest BCUT2D eigenvalue weighted by molar-refractivity contribution is -0.508. The molecule has 0 aromatic rings. The summed E-state index contributed by atoms with van der Waals surface area (Å²) in [6.07, 6.45) is 11.6. The van der Waals surface area contributed by atoms with Crippen molar-refractivity contribution in [2.24, 2.45) is 28.4 Å². The first kappa shape index (κ1) is 24.3. The van der Waals surface area contributed by atoms with Crippen LogP contribution in [0.4, 0.5) is 0 Å². The molecule has 4 atom stereocenters. The van der Waals surface area contributed by atoms with E-state index >= 15 is 0 Å². The molecule has 0 aromatic heterocycles. The van der Waals surface area contributed by atoms with E-state index in [2.05, 4.69) is 31.1 Å². The van der Waals surface area contributed by atoms with E-state index in [1.54, 1.807) is 0 Å². The summed E-state index contributed by atoms with van der Waals surface area (Å²) in [7, 11) is 0. The van der Waals surface area contributed by atoms with Gasteiger partial charge in [0.2, 0.25) is 0 Å². The maximum Gasteiger partial charge on any atom is 0.309 e. The molecule has 4 saturated carbocycles. The molecule has 4 aliphatic rings. The van der Waals surface area contributed by atoms with Crippen LogP contribution in [0, 0.1) is 22.7 Å². The Hall–Kier alpha value is -1.85. The monoisotopic (exact) mass is 458 g/mol. The van der Waals surface area contributed by atoms with Crippen LogP contribution in [0.25, 0.3) is 0 Å². The normalized spacial score (nSPS) is 36.6. The van der Waals surface area contributed by atoms with Gasteiger partial charge in [-0.05, 0) is 68.6 Å². The second kappa shape index (κ2) is 9.42. The van der Waals surface area contributed by atoms with E-state index in [1.165, 1.54) is 32.1 Å².